The molecule has 3 N–H and O–H groups in total. The van der Waals surface area contributed by atoms with Crippen molar-refractivity contribution in [3.63, 3.8) is 0 Å². The number of amides is 1. The Labute approximate surface area is 121 Å². The van der Waals surface area contributed by atoms with Gasteiger partial charge >= 0.3 is 0 Å². The predicted octanol–water partition coefficient (Wildman–Crippen LogP) is 2.78. The molecule has 0 bridgehead atoms. The van der Waals surface area contributed by atoms with Gasteiger partial charge in [-0.3, -0.25) is 4.79 Å². The third kappa shape index (κ3) is 2.64. The zero-order valence-corrected chi connectivity index (χ0v) is 12.0. The van der Waals surface area contributed by atoms with E-state index >= 15 is 0 Å². The lowest BCUT2D eigenvalue weighted by Gasteiger charge is -2.09. The van der Waals surface area contributed by atoms with Crippen LogP contribution in [0.25, 0.3) is 10.1 Å². The minimum atomic E-state index is -0.0818. The van der Waals surface area contributed by atoms with Crippen LogP contribution in [0.15, 0.2) is 24.3 Å². The van der Waals surface area contributed by atoms with Gasteiger partial charge < -0.3 is 15.8 Å². The number of nitrogens with two attached hydrogens (primary N) is 1. The van der Waals surface area contributed by atoms with Crippen LogP contribution in [0.1, 0.15) is 28.9 Å². The molecule has 1 fully saturated rings. The van der Waals surface area contributed by atoms with Crippen LogP contribution in [-0.4, -0.2) is 25.2 Å². The van der Waals surface area contributed by atoms with E-state index in [1.165, 1.54) is 11.3 Å². The molecule has 1 aromatic heterocycles. The molecule has 1 aliphatic rings. The number of nitrogen functional groups attached to an aromatic ring is 1. The molecule has 0 aliphatic carbocycles. The number of rotatable bonds is 4. The van der Waals surface area contributed by atoms with Gasteiger partial charge in [-0.15, -0.1) is 11.3 Å². The van der Waals surface area contributed by atoms with Crippen molar-refractivity contribution in [1.29, 1.82) is 0 Å². The normalized spacial score (nSPS) is 18.5. The highest BCUT2D eigenvalue weighted by Crippen LogP contribution is 2.33. The number of carbonyl (C=O) groups is 1. The van der Waals surface area contributed by atoms with Crippen molar-refractivity contribution >= 4 is 33.0 Å². The van der Waals surface area contributed by atoms with Crippen molar-refractivity contribution in [2.75, 3.05) is 18.9 Å². The summed E-state index contributed by atoms with van der Waals surface area (Å²) in [6.07, 6.45) is 3.40. The Kier molecular flexibility index (Phi) is 3.89. The van der Waals surface area contributed by atoms with Gasteiger partial charge in [0.25, 0.3) is 5.91 Å². The summed E-state index contributed by atoms with van der Waals surface area (Å²) in [7, 11) is 0. The Morgan fingerprint density at radius 2 is 2.30 bits per heavy atom. The van der Waals surface area contributed by atoms with Gasteiger partial charge in [-0.1, -0.05) is 18.2 Å². The molecule has 1 saturated heterocycles. The number of anilines is 1. The first-order valence-electron chi connectivity index (χ1n) is 6.92. The van der Waals surface area contributed by atoms with Gasteiger partial charge in [-0.25, -0.2) is 0 Å². The fourth-order valence-corrected chi connectivity index (χ4v) is 3.57. The van der Waals surface area contributed by atoms with Crippen molar-refractivity contribution in [2.24, 2.45) is 0 Å². The number of hydrogen-bond donors (Lipinski definition) is 2. The van der Waals surface area contributed by atoms with Crippen LogP contribution in [-0.2, 0) is 4.74 Å². The number of carbonyl (C=O) groups excluding carboxylic acids is 1. The third-order valence-corrected chi connectivity index (χ3v) is 4.80. The molecule has 106 valence electrons. The number of fused-ring (bicyclic) bond motifs is 1. The second kappa shape index (κ2) is 5.81. The van der Waals surface area contributed by atoms with Crippen LogP contribution < -0.4 is 11.1 Å². The molecule has 1 atom stereocenters. The van der Waals surface area contributed by atoms with E-state index in [-0.39, 0.29) is 5.91 Å². The highest BCUT2D eigenvalue weighted by atomic mass is 32.1. The van der Waals surface area contributed by atoms with E-state index in [9.17, 15) is 4.79 Å². The summed E-state index contributed by atoms with van der Waals surface area (Å²) >= 11 is 1.45. The molecular weight excluding hydrogens is 272 g/mol. The zero-order valence-electron chi connectivity index (χ0n) is 11.2. The standard InChI is InChI=1S/C15H18N2O2S/c16-13-11-5-1-2-6-12(11)20-14(13)15(18)17-8-7-10-4-3-9-19-10/h1-2,5-6,10H,3-4,7-9,16H2,(H,17,18). The van der Waals surface area contributed by atoms with Crippen molar-refractivity contribution < 1.29 is 9.53 Å². The summed E-state index contributed by atoms with van der Waals surface area (Å²) in [5.41, 5.74) is 6.64. The molecule has 20 heavy (non-hydrogen) atoms. The van der Waals surface area contributed by atoms with Crippen LogP contribution >= 0.6 is 11.3 Å². The first-order valence-corrected chi connectivity index (χ1v) is 7.74. The molecule has 3 rings (SSSR count). The van der Waals surface area contributed by atoms with Crippen molar-refractivity contribution in [3.05, 3.63) is 29.1 Å². The smallest absolute Gasteiger partial charge is 0.263 e. The fourth-order valence-electron chi connectivity index (χ4n) is 2.53. The number of hydrogen-bond acceptors (Lipinski definition) is 4. The average Bonchev–Trinajstić information content (AvgIpc) is 3.08. The van der Waals surface area contributed by atoms with E-state index in [4.69, 9.17) is 10.5 Å². The van der Waals surface area contributed by atoms with E-state index in [0.717, 1.165) is 36.0 Å². The van der Waals surface area contributed by atoms with Gasteiger partial charge in [-0.2, -0.15) is 0 Å². The molecule has 2 heterocycles. The molecule has 5 heteroatoms. The minimum Gasteiger partial charge on any atom is -0.397 e. The van der Waals surface area contributed by atoms with Crippen molar-refractivity contribution in [3.8, 4) is 0 Å². The van der Waals surface area contributed by atoms with Crippen molar-refractivity contribution in [1.82, 2.24) is 5.32 Å². The van der Waals surface area contributed by atoms with E-state index in [1.807, 2.05) is 24.3 Å². The summed E-state index contributed by atoms with van der Waals surface area (Å²) in [4.78, 5) is 12.8. The number of ether oxygens (including phenoxy) is 1. The summed E-state index contributed by atoms with van der Waals surface area (Å²) in [6.45, 7) is 1.49. The van der Waals surface area contributed by atoms with Crippen molar-refractivity contribution in [2.45, 2.75) is 25.4 Å². The molecule has 0 radical (unpaired) electrons. The topological polar surface area (TPSA) is 64.4 Å². The first kappa shape index (κ1) is 13.4. The molecule has 1 aliphatic heterocycles. The lowest BCUT2D eigenvalue weighted by atomic mass is 10.2. The highest BCUT2D eigenvalue weighted by molar-refractivity contribution is 7.21. The van der Waals surface area contributed by atoms with Crippen LogP contribution in [0.4, 0.5) is 5.69 Å². The van der Waals surface area contributed by atoms with Gasteiger partial charge in [0, 0.05) is 23.2 Å². The molecule has 0 saturated carbocycles. The second-order valence-corrected chi connectivity index (χ2v) is 6.07. The Morgan fingerprint density at radius 1 is 1.45 bits per heavy atom. The maximum atomic E-state index is 12.2. The fraction of sp³-hybridized carbons (Fsp3) is 0.400. The summed E-state index contributed by atoms with van der Waals surface area (Å²) < 4.78 is 6.59. The summed E-state index contributed by atoms with van der Waals surface area (Å²) in [5, 5.41) is 3.90. The molecule has 2 aromatic rings. The predicted molar refractivity (Wildman–Crippen MR) is 82.2 cm³/mol. The van der Waals surface area contributed by atoms with Gasteiger partial charge in [0.05, 0.1) is 11.8 Å². The maximum absolute atomic E-state index is 12.2. The average molecular weight is 290 g/mol. The Hall–Kier alpha value is -1.59. The largest absolute Gasteiger partial charge is 0.397 e. The Bertz CT molecular complexity index is 617. The van der Waals surface area contributed by atoms with Gasteiger partial charge in [0.2, 0.25) is 0 Å². The number of benzene rings is 1. The van der Waals surface area contributed by atoms with E-state index in [2.05, 4.69) is 5.32 Å². The van der Waals surface area contributed by atoms with E-state index < -0.39 is 0 Å². The molecule has 0 spiro atoms. The number of nitrogens with one attached hydrogen (secondary N) is 1. The molecule has 4 nitrogen and oxygen atoms in total. The lowest BCUT2D eigenvalue weighted by Crippen LogP contribution is -2.26. The van der Waals surface area contributed by atoms with E-state index in [1.54, 1.807) is 0 Å². The SMILES string of the molecule is Nc1c(C(=O)NCCC2CCCO2)sc2ccccc12. The Morgan fingerprint density at radius 3 is 3.05 bits per heavy atom. The van der Waals surface area contributed by atoms with Crippen LogP contribution in [0.5, 0.6) is 0 Å². The molecule has 1 amide bonds. The zero-order chi connectivity index (χ0) is 13.9. The lowest BCUT2D eigenvalue weighted by molar-refractivity contribution is 0.0911. The Balaban J connectivity index is 1.64. The first-order chi connectivity index (χ1) is 9.75. The minimum absolute atomic E-state index is 0.0818. The number of thiophene rings is 1. The van der Waals surface area contributed by atoms with Gasteiger partial charge in [0.1, 0.15) is 4.88 Å². The maximum Gasteiger partial charge on any atom is 0.263 e. The van der Waals surface area contributed by atoms with Crippen LogP contribution in [0.2, 0.25) is 0 Å². The van der Waals surface area contributed by atoms with E-state index in [0.29, 0.717) is 23.2 Å². The molecule has 1 unspecified atom stereocenters. The van der Waals surface area contributed by atoms with Crippen LogP contribution in [0, 0.1) is 0 Å². The highest BCUT2D eigenvalue weighted by Gasteiger charge is 2.18. The molecule has 1 aromatic carbocycles. The second-order valence-electron chi connectivity index (χ2n) is 5.02. The van der Waals surface area contributed by atoms with Crippen LogP contribution in [0.3, 0.4) is 0 Å². The monoisotopic (exact) mass is 290 g/mol. The summed E-state index contributed by atoms with van der Waals surface area (Å²) in [5.74, 6) is -0.0818. The van der Waals surface area contributed by atoms with Gasteiger partial charge in [0.15, 0.2) is 0 Å². The van der Waals surface area contributed by atoms with Gasteiger partial charge in [-0.05, 0) is 25.3 Å². The summed E-state index contributed by atoms with van der Waals surface area (Å²) in [6, 6.07) is 7.83. The third-order valence-electron chi connectivity index (χ3n) is 3.62. The molecular formula is C15H18N2O2S. The quantitative estimate of drug-likeness (QED) is 0.910.